The highest BCUT2D eigenvalue weighted by Crippen LogP contribution is 2.27. The van der Waals surface area contributed by atoms with Crippen LogP contribution in [-0.2, 0) is 0 Å². The zero-order valence-corrected chi connectivity index (χ0v) is 19.4. The lowest BCUT2D eigenvalue weighted by atomic mass is 9.95. The SMILES string of the molecule is Cc1cc(C2=CCNCC2)cc(F)c1C(=O)Nc1ccc(C2=CCNCC2)c(F)c1.Cl.Cl. The Morgan fingerprint density at radius 1 is 0.906 bits per heavy atom. The van der Waals surface area contributed by atoms with Crippen molar-refractivity contribution in [3.8, 4) is 0 Å². The van der Waals surface area contributed by atoms with E-state index in [0.717, 1.165) is 55.7 Å². The molecule has 0 aromatic heterocycles. The first-order valence-corrected chi connectivity index (χ1v) is 10.2. The van der Waals surface area contributed by atoms with Crippen molar-refractivity contribution < 1.29 is 13.6 Å². The molecule has 1 amide bonds. The van der Waals surface area contributed by atoms with Gasteiger partial charge in [0.2, 0.25) is 0 Å². The van der Waals surface area contributed by atoms with Gasteiger partial charge >= 0.3 is 0 Å². The van der Waals surface area contributed by atoms with E-state index in [1.807, 2.05) is 18.2 Å². The average Bonchev–Trinajstić information content (AvgIpc) is 2.74. The summed E-state index contributed by atoms with van der Waals surface area (Å²) in [6.07, 6.45) is 5.59. The third-order valence-electron chi connectivity index (χ3n) is 5.59. The third-order valence-corrected chi connectivity index (χ3v) is 5.59. The zero-order valence-electron chi connectivity index (χ0n) is 17.8. The summed E-state index contributed by atoms with van der Waals surface area (Å²) in [5.41, 5.74) is 4.21. The van der Waals surface area contributed by atoms with Crippen LogP contribution in [0.15, 0.2) is 42.5 Å². The summed E-state index contributed by atoms with van der Waals surface area (Å²) in [6, 6.07) is 7.85. The van der Waals surface area contributed by atoms with Crippen LogP contribution in [0.2, 0.25) is 0 Å². The normalized spacial score (nSPS) is 15.6. The largest absolute Gasteiger partial charge is 0.322 e. The first-order valence-electron chi connectivity index (χ1n) is 10.2. The lowest BCUT2D eigenvalue weighted by Gasteiger charge is -2.17. The van der Waals surface area contributed by atoms with Crippen LogP contribution in [0.3, 0.4) is 0 Å². The van der Waals surface area contributed by atoms with Crippen molar-refractivity contribution in [3.05, 3.63) is 76.4 Å². The Hall–Kier alpha value is -2.25. The Bertz CT molecular complexity index is 1030. The Morgan fingerprint density at radius 3 is 2.12 bits per heavy atom. The summed E-state index contributed by atoms with van der Waals surface area (Å²) in [7, 11) is 0. The Morgan fingerprint density at radius 2 is 1.56 bits per heavy atom. The smallest absolute Gasteiger partial charge is 0.258 e. The van der Waals surface area contributed by atoms with Crippen molar-refractivity contribution in [2.24, 2.45) is 0 Å². The summed E-state index contributed by atoms with van der Waals surface area (Å²) < 4.78 is 29.4. The van der Waals surface area contributed by atoms with Gasteiger partial charge in [0, 0.05) is 24.3 Å². The second-order valence-corrected chi connectivity index (χ2v) is 7.67. The van der Waals surface area contributed by atoms with Crippen molar-refractivity contribution in [2.75, 3.05) is 31.5 Å². The second kappa shape index (κ2) is 11.6. The second-order valence-electron chi connectivity index (χ2n) is 7.67. The molecule has 8 heteroatoms. The fourth-order valence-corrected chi connectivity index (χ4v) is 4.02. The van der Waals surface area contributed by atoms with Gasteiger partial charge in [0.15, 0.2) is 0 Å². The molecule has 0 fully saturated rings. The number of carbonyl (C=O) groups is 1. The van der Waals surface area contributed by atoms with E-state index < -0.39 is 17.5 Å². The molecule has 2 aromatic carbocycles. The quantitative estimate of drug-likeness (QED) is 0.567. The molecule has 3 N–H and O–H groups in total. The van der Waals surface area contributed by atoms with E-state index in [1.165, 1.54) is 12.1 Å². The number of hydrogen-bond donors (Lipinski definition) is 3. The minimum Gasteiger partial charge on any atom is -0.322 e. The van der Waals surface area contributed by atoms with Crippen LogP contribution < -0.4 is 16.0 Å². The number of aryl methyl sites for hydroxylation is 1. The molecular weight excluding hydrogens is 455 g/mol. The average molecular weight is 482 g/mol. The van der Waals surface area contributed by atoms with Gasteiger partial charge in [-0.2, -0.15) is 0 Å². The highest BCUT2D eigenvalue weighted by Gasteiger charge is 2.19. The van der Waals surface area contributed by atoms with E-state index in [2.05, 4.69) is 16.0 Å². The van der Waals surface area contributed by atoms with Crippen molar-refractivity contribution in [2.45, 2.75) is 19.8 Å². The van der Waals surface area contributed by atoms with Crippen LogP contribution in [0.1, 0.15) is 39.9 Å². The summed E-state index contributed by atoms with van der Waals surface area (Å²) in [4.78, 5) is 12.7. The molecule has 2 heterocycles. The monoisotopic (exact) mass is 481 g/mol. The van der Waals surface area contributed by atoms with Crippen LogP contribution >= 0.6 is 24.8 Å². The summed E-state index contributed by atoms with van der Waals surface area (Å²) in [5, 5.41) is 9.06. The molecule has 0 saturated carbocycles. The standard InChI is InChI=1S/C24H25F2N3O.2ClH/c1-15-12-18(16-4-8-27-9-5-16)13-22(26)23(15)24(30)29-19-2-3-20(21(25)14-19)17-6-10-28-11-7-17;;/h2-4,6,12-14,27-28H,5,7-11H2,1H3,(H,29,30);2*1H. The number of benzene rings is 2. The number of carbonyl (C=O) groups excluding carboxylic acids is 1. The first kappa shape index (κ1) is 26.0. The maximum absolute atomic E-state index is 14.8. The Balaban J connectivity index is 0.00000181. The third kappa shape index (κ3) is 5.75. The summed E-state index contributed by atoms with van der Waals surface area (Å²) in [6.45, 7) is 4.86. The summed E-state index contributed by atoms with van der Waals surface area (Å²) in [5.74, 6) is -1.55. The van der Waals surface area contributed by atoms with Crippen LogP contribution in [-0.4, -0.2) is 32.1 Å². The number of amides is 1. The summed E-state index contributed by atoms with van der Waals surface area (Å²) >= 11 is 0. The Labute approximate surface area is 199 Å². The number of anilines is 1. The van der Waals surface area contributed by atoms with E-state index >= 15 is 0 Å². The van der Waals surface area contributed by atoms with Crippen LogP contribution in [0, 0.1) is 18.6 Å². The van der Waals surface area contributed by atoms with Gasteiger partial charge < -0.3 is 16.0 Å². The van der Waals surface area contributed by atoms with Crippen LogP contribution in [0.25, 0.3) is 11.1 Å². The number of rotatable bonds is 4. The molecule has 172 valence electrons. The van der Waals surface area contributed by atoms with Gasteiger partial charge in [-0.3, -0.25) is 4.79 Å². The number of hydrogen-bond acceptors (Lipinski definition) is 3. The van der Waals surface area contributed by atoms with E-state index in [9.17, 15) is 13.6 Å². The fraction of sp³-hybridized carbons (Fsp3) is 0.292. The molecule has 0 aliphatic carbocycles. The number of nitrogens with one attached hydrogen (secondary N) is 3. The number of halogens is 4. The lowest BCUT2D eigenvalue weighted by Crippen LogP contribution is -2.20. The zero-order chi connectivity index (χ0) is 21.1. The van der Waals surface area contributed by atoms with E-state index in [1.54, 1.807) is 19.1 Å². The van der Waals surface area contributed by atoms with Crippen LogP contribution in [0.4, 0.5) is 14.5 Å². The molecule has 0 spiro atoms. The fourth-order valence-electron chi connectivity index (χ4n) is 4.02. The van der Waals surface area contributed by atoms with Gasteiger partial charge in [-0.05, 0) is 79.4 Å². The van der Waals surface area contributed by atoms with Gasteiger partial charge in [0.05, 0.1) is 5.56 Å². The molecule has 0 atom stereocenters. The molecule has 4 nitrogen and oxygen atoms in total. The van der Waals surface area contributed by atoms with E-state index in [4.69, 9.17) is 0 Å². The molecule has 0 unspecified atom stereocenters. The van der Waals surface area contributed by atoms with Gasteiger partial charge in [-0.25, -0.2) is 8.78 Å². The predicted octanol–water partition coefficient (Wildman–Crippen LogP) is 5.12. The minimum atomic E-state index is -0.580. The highest BCUT2D eigenvalue weighted by atomic mass is 35.5. The molecule has 0 radical (unpaired) electrons. The predicted molar refractivity (Wildman–Crippen MR) is 131 cm³/mol. The Kier molecular flexibility index (Phi) is 9.40. The van der Waals surface area contributed by atoms with Crippen LogP contribution in [0.5, 0.6) is 0 Å². The molecule has 32 heavy (non-hydrogen) atoms. The van der Waals surface area contributed by atoms with Crippen molar-refractivity contribution >= 4 is 47.6 Å². The van der Waals surface area contributed by atoms with Gasteiger partial charge in [-0.15, -0.1) is 24.8 Å². The molecule has 0 saturated heterocycles. The molecule has 0 bridgehead atoms. The van der Waals surface area contributed by atoms with Gasteiger partial charge in [0.1, 0.15) is 11.6 Å². The van der Waals surface area contributed by atoms with Crippen molar-refractivity contribution in [1.82, 2.24) is 10.6 Å². The lowest BCUT2D eigenvalue weighted by molar-refractivity contribution is 0.102. The molecule has 2 aliphatic rings. The van der Waals surface area contributed by atoms with Gasteiger partial charge in [0.25, 0.3) is 5.91 Å². The first-order chi connectivity index (χ1) is 14.5. The van der Waals surface area contributed by atoms with E-state index in [0.29, 0.717) is 16.8 Å². The topological polar surface area (TPSA) is 53.2 Å². The molecular formula is C24H27Cl2F2N3O. The highest BCUT2D eigenvalue weighted by molar-refractivity contribution is 6.05. The minimum absolute atomic E-state index is 0. The maximum Gasteiger partial charge on any atom is 0.258 e. The molecule has 2 aromatic rings. The van der Waals surface area contributed by atoms with Crippen molar-refractivity contribution in [1.29, 1.82) is 0 Å². The van der Waals surface area contributed by atoms with Crippen molar-refractivity contribution in [3.63, 3.8) is 0 Å². The molecule has 2 aliphatic heterocycles. The van der Waals surface area contributed by atoms with Gasteiger partial charge in [-0.1, -0.05) is 18.2 Å². The molecule has 4 rings (SSSR count). The van der Waals surface area contributed by atoms with E-state index in [-0.39, 0.29) is 30.4 Å². The maximum atomic E-state index is 14.8.